The minimum Gasteiger partial charge on any atom is -0.440 e. The minimum atomic E-state index is 0.900. The summed E-state index contributed by atoms with van der Waals surface area (Å²) < 4.78 is 8.05. The molecule has 0 unspecified atom stereocenters. The van der Waals surface area contributed by atoms with Gasteiger partial charge in [0.15, 0.2) is 0 Å². The molecule has 2 nitrogen and oxygen atoms in total. The van der Waals surface area contributed by atoms with E-state index in [4.69, 9.17) is 4.74 Å². The first-order valence-electron chi connectivity index (χ1n) is 5.77. The lowest BCUT2D eigenvalue weighted by atomic mass is 10.1. The monoisotopic (exact) mass is 221 g/mol. The van der Waals surface area contributed by atoms with Gasteiger partial charge in [-0.15, -0.1) is 0 Å². The van der Waals surface area contributed by atoms with E-state index in [1.807, 2.05) is 12.2 Å². The summed E-state index contributed by atoms with van der Waals surface area (Å²) in [5.74, 6) is 1.87. The zero-order chi connectivity index (χ0) is 11.2. The van der Waals surface area contributed by atoms with Gasteiger partial charge < -0.3 is 4.74 Å². The molecule has 2 heterocycles. The maximum atomic E-state index is 5.93. The van der Waals surface area contributed by atoms with Gasteiger partial charge in [0.1, 0.15) is 5.76 Å². The summed E-state index contributed by atoms with van der Waals surface area (Å²) in [6.07, 6.45) is 9.34. The van der Waals surface area contributed by atoms with Gasteiger partial charge in [0.05, 0.1) is 5.52 Å². The molecular weight excluding hydrogens is 210 g/mol. The molecule has 0 radical (unpaired) electrons. The number of hydrogen-bond donors (Lipinski definition) is 0. The SMILES string of the molecule is C1=CCC2=Cn3c(cc4ccccc43)OC2=C1. The van der Waals surface area contributed by atoms with E-state index < -0.39 is 0 Å². The molecule has 0 N–H and O–H groups in total. The maximum Gasteiger partial charge on any atom is 0.205 e. The van der Waals surface area contributed by atoms with Crippen molar-refractivity contribution in [1.29, 1.82) is 0 Å². The van der Waals surface area contributed by atoms with Gasteiger partial charge in [-0.25, -0.2) is 0 Å². The Balaban J connectivity index is 2.00. The van der Waals surface area contributed by atoms with Crippen LogP contribution in [0.1, 0.15) is 6.42 Å². The van der Waals surface area contributed by atoms with Crippen LogP contribution in [0, 0.1) is 0 Å². The summed E-state index contributed by atoms with van der Waals surface area (Å²) in [4.78, 5) is 0. The van der Waals surface area contributed by atoms with Crippen LogP contribution in [0.15, 0.2) is 59.9 Å². The average molecular weight is 221 g/mol. The van der Waals surface area contributed by atoms with Crippen molar-refractivity contribution in [1.82, 2.24) is 4.57 Å². The second kappa shape index (κ2) is 3.14. The minimum absolute atomic E-state index is 0.900. The van der Waals surface area contributed by atoms with Gasteiger partial charge in [-0.1, -0.05) is 30.4 Å². The summed E-state index contributed by atoms with van der Waals surface area (Å²) in [5, 5.41) is 1.21. The molecule has 0 atom stereocenters. The largest absolute Gasteiger partial charge is 0.440 e. The fourth-order valence-electron chi connectivity index (χ4n) is 2.40. The van der Waals surface area contributed by atoms with Crippen molar-refractivity contribution >= 4 is 17.1 Å². The van der Waals surface area contributed by atoms with Gasteiger partial charge in [-0.05, 0) is 18.6 Å². The summed E-state index contributed by atoms with van der Waals surface area (Å²) in [6, 6.07) is 10.4. The maximum absolute atomic E-state index is 5.93. The van der Waals surface area contributed by atoms with E-state index in [1.54, 1.807) is 0 Å². The van der Waals surface area contributed by atoms with Crippen LogP contribution in [0.4, 0.5) is 0 Å². The highest BCUT2D eigenvalue weighted by atomic mass is 16.5. The number of benzene rings is 1. The van der Waals surface area contributed by atoms with Crippen LogP contribution < -0.4 is 4.74 Å². The molecular formula is C15H11NO. The van der Waals surface area contributed by atoms with Crippen LogP contribution in [0.2, 0.25) is 0 Å². The Hall–Kier alpha value is -2.22. The molecule has 1 aromatic heterocycles. The normalized spacial score (nSPS) is 16.9. The lowest BCUT2D eigenvalue weighted by molar-refractivity contribution is 0.403. The van der Waals surface area contributed by atoms with Crippen LogP contribution >= 0.6 is 0 Å². The number of allylic oxidation sites excluding steroid dienone is 4. The number of aromatic nitrogens is 1. The van der Waals surface area contributed by atoms with Gasteiger partial charge in [-0.3, -0.25) is 4.57 Å². The van der Waals surface area contributed by atoms with Gasteiger partial charge in [0, 0.05) is 23.2 Å². The van der Waals surface area contributed by atoms with Crippen LogP contribution in [0.5, 0.6) is 5.88 Å². The second-order valence-electron chi connectivity index (χ2n) is 4.33. The summed E-state index contributed by atoms with van der Waals surface area (Å²) in [5.41, 5.74) is 2.44. The van der Waals surface area contributed by atoms with Gasteiger partial charge in [0.2, 0.25) is 5.88 Å². The third-order valence-corrected chi connectivity index (χ3v) is 3.25. The smallest absolute Gasteiger partial charge is 0.205 e. The molecule has 1 aliphatic carbocycles. The second-order valence-corrected chi connectivity index (χ2v) is 4.33. The van der Waals surface area contributed by atoms with Crippen molar-refractivity contribution in [3.63, 3.8) is 0 Å². The Morgan fingerprint density at radius 3 is 3.12 bits per heavy atom. The van der Waals surface area contributed by atoms with E-state index in [0.29, 0.717) is 0 Å². The molecule has 0 saturated heterocycles. The van der Waals surface area contributed by atoms with Gasteiger partial charge in [0.25, 0.3) is 0 Å². The number of fused-ring (bicyclic) bond motifs is 4. The van der Waals surface area contributed by atoms with Crippen LogP contribution in [-0.2, 0) is 0 Å². The summed E-state index contributed by atoms with van der Waals surface area (Å²) >= 11 is 0. The molecule has 0 fully saturated rings. The molecule has 2 aliphatic rings. The van der Waals surface area contributed by atoms with E-state index in [-0.39, 0.29) is 0 Å². The molecule has 0 amide bonds. The highest BCUT2D eigenvalue weighted by molar-refractivity contribution is 5.85. The zero-order valence-electron chi connectivity index (χ0n) is 9.26. The first-order valence-corrected chi connectivity index (χ1v) is 5.77. The lowest BCUT2D eigenvalue weighted by Gasteiger charge is -2.20. The van der Waals surface area contributed by atoms with E-state index >= 15 is 0 Å². The molecule has 2 heteroatoms. The number of hydrogen-bond acceptors (Lipinski definition) is 1. The fraction of sp³-hybridized carbons (Fsp3) is 0.0667. The Labute approximate surface area is 99.1 Å². The number of ether oxygens (including phenoxy) is 1. The third-order valence-electron chi connectivity index (χ3n) is 3.25. The fourth-order valence-corrected chi connectivity index (χ4v) is 2.40. The molecule has 0 saturated carbocycles. The lowest BCUT2D eigenvalue weighted by Crippen LogP contribution is -2.09. The predicted molar refractivity (Wildman–Crippen MR) is 68.7 cm³/mol. The quantitative estimate of drug-likeness (QED) is 0.661. The first kappa shape index (κ1) is 8.88. The average Bonchev–Trinajstić information content (AvgIpc) is 2.73. The topological polar surface area (TPSA) is 14.2 Å². The number of nitrogens with zero attached hydrogens (tertiary/aromatic N) is 1. The molecule has 2 aromatic rings. The van der Waals surface area contributed by atoms with Gasteiger partial charge >= 0.3 is 0 Å². The van der Waals surface area contributed by atoms with Crippen molar-refractivity contribution in [2.24, 2.45) is 0 Å². The molecule has 4 rings (SSSR count). The van der Waals surface area contributed by atoms with Crippen LogP contribution in [-0.4, -0.2) is 4.57 Å². The zero-order valence-corrected chi connectivity index (χ0v) is 9.26. The molecule has 0 spiro atoms. The Bertz CT molecular complexity index is 701. The predicted octanol–water partition coefficient (Wildman–Crippen LogP) is 3.72. The van der Waals surface area contributed by atoms with Crippen LogP contribution in [0.3, 0.4) is 0 Å². The van der Waals surface area contributed by atoms with Crippen molar-refractivity contribution in [3.05, 3.63) is 59.9 Å². The van der Waals surface area contributed by atoms with E-state index in [9.17, 15) is 0 Å². The highest BCUT2D eigenvalue weighted by Crippen LogP contribution is 2.35. The Morgan fingerprint density at radius 2 is 2.12 bits per heavy atom. The molecule has 17 heavy (non-hydrogen) atoms. The molecule has 1 aliphatic heterocycles. The standard InChI is InChI=1S/C15H11NO/c1-3-7-13-11(5-1)9-15-16(13)10-12-6-2-4-8-14(12)17-15/h1-5,7-10H,6H2. The van der Waals surface area contributed by atoms with E-state index in [1.165, 1.54) is 16.5 Å². The molecule has 82 valence electrons. The van der Waals surface area contributed by atoms with Crippen molar-refractivity contribution in [2.75, 3.05) is 0 Å². The van der Waals surface area contributed by atoms with Crippen molar-refractivity contribution < 1.29 is 4.74 Å². The Kier molecular flexibility index (Phi) is 1.64. The van der Waals surface area contributed by atoms with Gasteiger partial charge in [-0.2, -0.15) is 0 Å². The van der Waals surface area contributed by atoms with Crippen LogP contribution in [0.25, 0.3) is 17.1 Å². The molecule has 1 aromatic carbocycles. The third kappa shape index (κ3) is 1.21. The highest BCUT2D eigenvalue weighted by Gasteiger charge is 2.19. The van der Waals surface area contributed by atoms with E-state index in [0.717, 1.165) is 18.1 Å². The summed E-state index contributed by atoms with van der Waals surface area (Å²) in [6.45, 7) is 0. The molecule has 0 bridgehead atoms. The number of para-hydroxylation sites is 1. The van der Waals surface area contributed by atoms with Crippen molar-refractivity contribution in [3.8, 4) is 5.88 Å². The first-order chi connectivity index (χ1) is 8.42. The summed E-state index contributed by atoms with van der Waals surface area (Å²) in [7, 11) is 0. The van der Waals surface area contributed by atoms with E-state index in [2.05, 4.69) is 47.2 Å². The number of rotatable bonds is 0. The Morgan fingerprint density at radius 1 is 1.18 bits per heavy atom. The van der Waals surface area contributed by atoms with Crippen molar-refractivity contribution in [2.45, 2.75) is 6.42 Å².